The molecule has 1 amide bonds. The molecule has 0 radical (unpaired) electrons. The molecule has 0 saturated carbocycles. The Hall–Kier alpha value is -3.53. The molecule has 170 valence electrons. The van der Waals surface area contributed by atoms with Crippen LogP contribution in [0.3, 0.4) is 0 Å². The Morgan fingerprint density at radius 3 is 2.44 bits per heavy atom. The lowest BCUT2D eigenvalue weighted by Gasteiger charge is -2.14. The Balaban J connectivity index is 1.69. The minimum atomic E-state index is -3.03. The van der Waals surface area contributed by atoms with Crippen LogP contribution in [0.2, 0.25) is 5.02 Å². The molecule has 3 rings (SSSR count). The number of nitrogens with one attached hydrogen (secondary N) is 2. The smallest absolute Gasteiger partial charge is 0.387 e. The van der Waals surface area contributed by atoms with Gasteiger partial charge in [-0.05, 0) is 37.3 Å². The second kappa shape index (κ2) is 9.73. The van der Waals surface area contributed by atoms with Gasteiger partial charge in [-0.2, -0.15) is 8.78 Å². The van der Waals surface area contributed by atoms with Gasteiger partial charge in [-0.15, -0.1) is 0 Å². The van der Waals surface area contributed by atoms with Crippen molar-refractivity contribution in [2.45, 2.75) is 19.6 Å². The second-order valence-corrected chi connectivity index (χ2v) is 6.94. The SMILES string of the molecule is COc1cc(OC)c2[nH]c(C(=O)O[C@H](C)C(=O)Nc3ccc(OC(F)F)c(Cl)c3)cc2c1. The zero-order chi connectivity index (χ0) is 23.4. The molecule has 0 aliphatic rings. The Morgan fingerprint density at radius 1 is 1.06 bits per heavy atom. The molecule has 0 bridgehead atoms. The number of anilines is 1. The minimum absolute atomic E-state index is 0.114. The van der Waals surface area contributed by atoms with Crippen LogP contribution in [0, 0.1) is 0 Å². The highest BCUT2D eigenvalue weighted by atomic mass is 35.5. The average Bonchev–Trinajstić information content (AvgIpc) is 3.19. The van der Waals surface area contributed by atoms with E-state index in [1.807, 2.05) is 0 Å². The summed E-state index contributed by atoms with van der Waals surface area (Å²) in [5.74, 6) is -0.620. The standard InChI is InChI=1S/C21H19ClF2N2O6/c1-10(19(27)25-12-4-5-16(14(22)8-12)32-21(23)24)31-20(28)15-7-11-6-13(29-2)9-17(30-3)18(11)26-15/h4-10,21,26H,1-3H3,(H,25,27)/t10-/m1/s1. The Labute approximate surface area is 186 Å². The maximum Gasteiger partial charge on any atom is 0.387 e. The van der Waals surface area contributed by atoms with E-state index in [0.717, 1.165) is 0 Å². The summed E-state index contributed by atoms with van der Waals surface area (Å²) < 4.78 is 44.6. The molecule has 0 aliphatic carbocycles. The molecule has 8 nitrogen and oxygen atoms in total. The number of alkyl halides is 2. The lowest BCUT2D eigenvalue weighted by Crippen LogP contribution is -2.30. The van der Waals surface area contributed by atoms with Gasteiger partial charge in [0.2, 0.25) is 0 Å². The van der Waals surface area contributed by atoms with Crippen LogP contribution in [0.15, 0.2) is 36.4 Å². The van der Waals surface area contributed by atoms with Gasteiger partial charge in [0.1, 0.15) is 22.9 Å². The maximum atomic E-state index is 12.5. The Morgan fingerprint density at radius 2 is 1.81 bits per heavy atom. The number of rotatable bonds is 8. The van der Waals surface area contributed by atoms with Crippen molar-refractivity contribution in [2.75, 3.05) is 19.5 Å². The first-order valence-corrected chi connectivity index (χ1v) is 9.60. The molecule has 11 heteroatoms. The summed E-state index contributed by atoms with van der Waals surface area (Å²) >= 11 is 5.87. The molecule has 0 aliphatic heterocycles. The number of hydrogen-bond donors (Lipinski definition) is 2. The molecular formula is C21H19ClF2N2O6. The summed E-state index contributed by atoms with van der Waals surface area (Å²) in [5.41, 5.74) is 0.896. The van der Waals surface area contributed by atoms with Gasteiger partial charge in [0, 0.05) is 17.1 Å². The Bertz CT molecular complexity index is 1150. The van der Waals surface area contributed by atoms with E-state index >= 15 is 0 Å². The van der Waals surface area contributed by atoms with E-state index in [2.05, 4.69) is 15.0 Å². The van der Waals surface area contributed by atoms with Crippen LogP contribution in [0.4, 0.5) is 14.5 Å². The van der Waals surface area contributed by atoms with Crippen molar-refractivity contribution >= 4 is 40.1 Å². The van der Waals surface area contributed by atoms with Gasteiger partial charge < -0.3 is 29.2 Å². The highest BCUT2D eigenvalue weighted by molar-refractivity contribution is 6.32. The van der Waals surface area contributed by atoms with E-state index in [9.17, 15) is 18.4 Å². The van der Waals surface area contributed by atoms with E-state index in [0.29, 0.717) is 22.4 Å². The third-order valence-electron chi connectivity index (χ3n) is 4.41. The van der Waals surface area contributed by atoms with Crippen LogP contribution < -0.4 is 19.5 Å². The number of hydrogen-bond acceptors (Lipinski definition) is 6. The summed E-state index contributed by atoms with van der Waals surface area (Å²) in [7, 11) is 2.99. The first kappa shape index (κ1) is 23.1. The third-order valence-corrected chi connectivity index (χ3v) is 4.71. The molecule has 0 saturated heterocycles. The molecule has 2 aromatic carbocycles. The van der Waals surface area contributed by atoms with Crippen molar-refractivity contribution in [2.24, 2.45) is 0 Å². The van der Waals surface area contributed by atoms with E-state index < -0.39 is 24.6 Å². The number of carbonyl (C=O) groups is 2. The van der Waals surface area contributed by atoms with Gasteiger partial charge in [0.05, 0.1) is 24.8 Å². The highest BCUT2D eigenvalue weighted by Gasteiger charge is 2.22. The van der Waals surface area contributed by atoms with Gasteiger partial charge in [-0.1, -0.05) is 11.6 Å². The van der Waals surface area contributed by atoms with Gasteiger partial charge >= 0.3 is 12.6 Å². The van der Waals surface area contributed by atoms with Crippen molar-refractivity contribution in [1.82, 2.24) is 4.98 Å². The largest absolute Gasteiger partial charge is 0.497 e. The zero-order valence-electron chi connectivity index (χ0n) is 17.2. The number of H-pyrrole nitrogens is 1. The fourth-order valence-electron chi connectivity index (χ4n) is 2.86. The van der Waals surface area contributed by atoms with Crippen LogP contribution in [-0.2, 0) is 9.53 Å². The summed E-state index contributed by atoms with van der Waals surface area (Å²) in [6.07, 6.45) is -1.17. The predicted molar refractivity (Wildman–Crippen MR) is 113 cm³/mol. The maximum absolute atomic E-state index is 12.5. The fourth-order valence-corrected chi connectivity index (χ4v) is 3.09. The normalized spacial score (nSPS) is 11.8. The lowest BCUT2D eigenvalue weighted by atomic mass is 10.2. The highest BCUT2D eigenvalue weighted by Crippen LogP contribution is 2.32. The predicted octanol–water partition coefficient (Wildman–Crippen LogP) is 4.62. The first-order chi connectivity index (χ1) is 15.2. The molecule has 0 fully saturated rings. The molecular weight excluding hydrogens is 450 g/mol. The monoisotopic (exact) mass is 468 g/mol. The molecule has 0 unspecified atom stereocenters. The molecule has 1 atom stereocenters. The van der Waals surface area contributed by atoms with Crippen molar-refractivity contribution in [1.29, 1.82) is 0 Å². The van der Waals surface area contributed by atoms with E-state index in [1.54, 1.807) is 18.2 Å². The molecule has 1 aromatic heterocycles. The lowest BCUT2D eigenvalue weighted by molar-refractivity contribution is -0.123. The zero-order valence-corrected chi connectivity index (χ0v) is 18.0. The Kier molecular flexibility index (Phi) is 7.04. The number of aromatic amines is 1. The number of methoxy groups -OCH3 is 2. The quantitative estimate of drug-likeness (QED) is 0.468. The van der Waals surface area contributed by atoms with Crippen LogP contribution in [0.25, 0.3) is 10.9 Å². The van der Waals surface area contributed by atoms with E-state index in [4.69, 9.17) is 25.8 Å². The van der Waals surface area contributed by atoms with Crippen molar-refractivity contribution in [3.8, 4) is 17.2 Å². The number of benzene rings is 2. The number of esters is 1. The molecule has 3 aromatic rings. The number of fused-ring (bicyclic) bond motifs is 1. The van der Waals surface area contributed by atoms with E-state index in [1.165, 1.54) is 39.3 Å². The van der Waals surface area contributed by atoms with Crippen molar-refractivity contribution in [3.63, 3.8) is 0 Å². The van der Waals surface area contributed by atoms with Crippen LogP contribution >= 0.6 is 11.6 Å². The van der Waals surface area contributed by atoms with Crippen LogP contribution in [0.1, 0.15) is 17.4 Å². The minimum Gasteiger partial charge on any atom is -0.497 e. The number of amides is 1. The fraction of sp³-hybridized carbons (Fsp3) is 0.238. The summed E-state index contributed by atoms with van der Waals surface area (Å²) in [5, 5.41) is 3.03. The molecule has 32 heavy (non-hydrogen) atoms. The van der Waals surface area contributed by atoms with Gasteiger partial charge in [-0.3, -0.25) is 4.79 Å². The third kappa shape index (κ3) is 5.20. The molecule has 1 heterocycles. The summed E-state index contributed by atoms with van der Waals surface area (Å²) in [4.78, 5) is 27.8. The number of aromatic nitrogens is 1. The topological polar surface area (TPSA) is 98.9 Å². The molecule has 0 spiro atoms. The van der Waals surface area contributed by atoms with Crippen LogP contribution in [-0.4, -0.2) is 43.8 Å². The van der Waals surface area contributed by atoms with Crippen LogP contribution in [0.5, 0.6) is 17.2 Å². The average molecular weight is 469 g/mol. The summed E-state index contributed by atoms with van der Waals surface area (Å²) in [6.45, 7) is -1.65. The van der Waals surface area contributed by atoms with Gasteiger partial charge in [0.15, 0.2) is 6.10 Å². The van der Waals surface area contributed by atoms with Crippen molar-refractivity contribution < 1.29 is 37.3 Å². The number of ether oxygens (including phenoxy) is 4. The van der Waals surface area contributed by atoms with E-state index in [-0.39, 0.29) is 22.2 Å². The van der Waals surface area contributed by atoms with Gasteiger partial charge in [-0.25, -0.2) is 4.79 Å². The first-order valence-electron chi connectivity index (χ1n) is 9.22. The number of carbonyl (C=O) groups excluding carboxylic acids is 2. The summed E-state index contributed by atoms with van der Waals surface area (Å²) in [6, 6.07) is 8.68. The van der Waals surface area contributed by atoms with Gasteiger partial charge in [0.25, 0.3) is 5.91 Å². The van der Waals surface area contributed by atoms with Crippen molar-refractivity contribution in [3.05, 3.63) is 47.1 Å². The second-order valence-electron chi connectivity index (χ2n) is 6.54. The molecule has 2 N–H and O–H groups in total. The number of halogens is 3.